The molecule has 0 aliphatic heterocycles. The SMILES string of the molecule is CC(C)c1ccc2c(c1)C=C(C(C)(C)C)C2. The molecule has 86 valence electrons. The summed E-state index contributed by atoms with van der Waals surface area (Å²) in [5.74, 6) is 0.623. The summed E-state index contributed by atoms with van der Waals surface area (Å²) in [5.41, 5.74) is 6.25. The normalized spacial score (nSPS) is 15.2. The molecule has 0 N–H and O–H groups in total. The van der Waals surface area contributed by atoms with Crippen molar-refractivity contribution in [1.29, 1.82) is 0 Å². The molecule has 0 unspecified atom stereocenters. The van der Waals surface area contributed by atoms with Crippen LogP contribution in [0.1, 0.15) is 57.2 Å². The maximum absolute atomic E-state index is 2.39. The molecule has 0 fully saturated rings. The van der Waals surface area contributed by atoms with Crippen LogP contribution < -0.4 is 0 Å². The minimum absolute atomic E-state index is 0.303. The minimum atomic E-state index is 0.303. The molecule has 0 heterocycles. The van der Waals surface area contributed by atoms with Crippen LogP contribution >= 0.6 is 0 Å². The molecule has 0 bridgehead atoms. The molecule has 0 atom stereocenters. The second-order valence-corrected chi connectivity index (χ2v) is 6.21. The van der Waals surface area contributed by atoms with Crippen molar-refractivity contribution in [3.05, 3.63) is 40.5 Å². The summed E-state index contributed by atoms with van der Waals surface area (Å²) in [7, 11) is 0. The summed E-state index contributed by atoms with van der Waals surface area (Å²) in [6, 6.07) is 6.95. The van der Waals surface area contributed by atoms with Gasteiger partial charge in [0.25, 0.3) is 0 Å². The predicted octanol–water partition coefficient (Wildman–Crippen LogP) is 4.80. The Morgan fingerprint density at radius 1 is 1.12 bits per heavy atom. The van der Waals surface area contributed by atoms with Crippen LogP contribution in [0.5, 0.6) is 0 Å². The van der Waals surface area contributed by atoms with Crippen LogP contribution in [-0.4, -0.2) is 0 Å². The van der Waals surface area contributed by atoms with E-state index in [1.807, 2.05) is 0 Å². The molecule has 1 aliphatic rings. The highest BCUT2D eigenvalue weighted by molar-refractivity contribution is 5.65. The first-order valence-electron chi connectivity index (χ1n) is 6.22. The summed E-state index contributed by atoms with van der Waals surface area (Å²) in [5, 5.41) is 0. The van der Waals surface area contributed by atoms with Crippen LogP contribution in [0.3, 0.4) is 0 Å². The fraction of sp³-hybridized carbons (Fsp3) is 0.500. The van der Waals surface area contributed by atoms with Gasteiger partial charge in [-0.15, -0.1) is 0 Å². The van der Waals surface area contributed by atoms with Crippen molar-refractivity contribution < 1.29 is 0 Å². The van der Waals surface area contributed by atoms with Gasteiger partial charge in [0, 0.05) is 0 Å². The number of rotatable bonds is 1. The van der Waals surface area contributed by atoms with Crippen LogP contribution in [0.25, 0.3) is 6.08 Å². The van der Waals surface area contributed by atoms with Crippen molar-refractivity contribution in [2.45, 2.75) is 47.0 Å². The van der Waals surface area contributed by atoms with Gasteiger partial charge in [0.15, 0.2) is 0 Å². The lowest BCUT2D eigenvalue weighted by atomic mass is 9.85. The zero-order chi connectivity index (χ0) is 11.9. The van der Waals surface area contributed by atoms with E-state index in [0.29, 0.717) is 11.3 Å². The number of benzene rings is 1. The number of hydrogen-bond donors (Lipinski definition) is 0. The molecule has 16 heavy (non-hydrogen) atoms. The minimum Gasteiger partial charge on any atom is -0.0598 e. The molecule has 0 amide bonds. The Balaban J connectivity index is 2.37. The second-order valence-electron chi connectivity index (χ2n) is 6.21. The van der Waals surface area contributed by atoms with Crippen molar-refractivity contribution >= 4 is 6.08 Å². The van der Waals surface area contributed by atoms with Crippen LogP contribution in [-0.2, 0) is 6.42 Å². The zero-order valence-electron chi connectivity index (χ0n) is 11.1. The van der Waals surface area contributed by atoms with Gasteiger partial charge in [0.1, 0.15) is 0 Å². The summed E-state index contributed by atoms with van der Waals surface area (Å²) >= 11 is 0. The highest BCUT2D eigenvalue weighted by Gasteiger charge is 2.22. The van der Waals surface area contributed by atoms with Crippen LogP contribution in [0.2, 0.25) is 0 Å². The lowest BCUT2D eigenvalue weighted by Gasteiger charge is -2.19. The molecular weight excluding hydrogens is 192 g/mol. The van der Waals surface area contributed by atoms with Gasteiger partial charge in [-0.1, -0.05) is 64.5 Å². The van der Waals surface area contributed by atoms with Gasteiger partial charge >= 0.3 is 0 Å². The first kappa shape index (κ1) is 11.4. The predicted molar refractivity (Wildman–Crippen MR) is 71.7 cm³/mol. The standard InChI is InChI=1S/C16H22/c1-11(2)12-6-7-13-9-15(16(3,4)5)10-14(13)8-12/h6-8,10-11H,9H2,1-5H3. The quantitative estimate of drug-likeness (QED) is 0.630. The third kappa shape index (κ3) is 2.07. The average molecular weight is 214 g/mol. The van der Waals surface area contributed by atoms with Gasteiger partial charge < -0.3 is 0 Å². The summed E-state index contributed by atoms with van der Waals surface area (Å²) < 4.78 is 0. The van der Waals surface area contributed by atoms with Crippen LogP contribution in [0.15, 0.2) is 23.8 Å². The van der Waals surface area contributed by atoms with E-state index in [1.165, 1.54) is 16.7 Å². The molecule has 0 nitrogen and oxygen atoms in total. The van der Waals surface area contributed by atoms with E-state index < -0.39 is 0 Å². The third-order valence-electron chi connectivity index (χ3n) is 3.51. The average Bonchev–Trinajstić information content (AvgIpc) is 2.58. The van der Waals surface area contributed by atoms with Gasteiger partial charge in [-0.3, -0.25) is 0 Å². The van der Waals surface area contributed by atoms with Crippen molar-refractivity contribution in [1.82, 2.24) is 0 Å². The first-order chi connectivity index (χ1) is 7.38. The van der Waals surface area contributed by atoms with E-state index in [2.05, 4.69) is 58.9 Å². The lowest BCUT2D eigenvalue weighted by molar-refractivity contribution is 0.498. The van der Waals surface area contributed by atoms with Gasteiger partial charge in [-0.25, -0.2) is 0 Å². The Hall–Kier alpha value is -1.04. The molecule has 0 saturated heterocycles. The van der Waals surface area contributed by atoms with E-state index >= 15 is 0 Å². The zero-order valence-corrected chi connectivity index (χ0v) is 11.1. The fourth-order valence-electron chi connectivity index (χ4n) is 2.19. The topological polar surface area (TPSA) is 0 Å². The molecule has 1 aliphatic carbocycles. The van der Waals surface area contributed by atoms with Gasteiger partial charge in [-0.2, -0.15) is 0 Å². The van der Waals surface area contributed by atoms with Gasteiger partial charge in [-0.05, 0) is 34.4 Å². The molecule has 2 rings (SSSR count). The maximum Gasteiger partial charge on any atom is -0.00526 e. The number of fused-ring (bicyclic) bond motifs is 1. The molecule has 1 aromatic carbocycles. The summed E-state index contributed by atoms with van der Waals surface area (Å²) in [6.45, 7) is 11.4. The molecule has 1 aromatic rings. The van der Waals surface area contributed by atoms with E-state index in [9.17, 15) is 0 Å². The number of hydrogen-bond acceptors (Lipinski definition) is 0. The molecule has 0 aromatic heterocycles. The molecule has 0 spiro atoms. The van der Waals surface area contributed by atoms with E-state index in [-0.39, 0.29) is 0 Å². The van der Waals surface area contributed by atoms with E-state index in [4.69, 9.17) is 0 Å². The monoisotopic (exact) mass is 214 g/mol. The van der Waals surface area contributed by atoms with Gasteiger partial charge in [0.2, 0.25) is 0 Å². The smallest absolute Gasteiger partial charge is 0.00526 e. The van der Waals surface area contributed by atoms with Crippen LogP contribution in [0, 0.1) is 5.41 Å². The lowest BCUT2D eigenvalue weighted by Crippen LogP contribution is -2.08. The Morgan fingerprint density at radius 2 is 1.81 bits per heavy atom. The molecule has 0 heteroatoms. The fourth-order valence-corrected chi connectivity index (χ4v) is 2.19. The molecule has 0 radical (unpaired) electrons. The highest BCUT2D eigenvalue weighted by Crippen LogP contribution is 2.37. The Morgan fingerprint density at radius 3 is 2.38 bits per heavy atom. The Kier molecular flexibility index (Phi) is 2.69. The van der Waals surface area contributed by atoms with Crippen molar-refractivity contribution in [3.8, 4) is 0 Å². The Bertz CT molecular complexity index is 428. The third-order valence-corrected chi connectivity index (χ3v) is 3.51. The van der Waals surface area contributed by atoms with Crippen LogP contribution in [0.4, 0.5) is 0 Å². The Labute approximate surface area is 99.4 Å². The second kappa shape index (κ2) is 3.76. The molecule has 0 saturated carbocycles. The number of allylic oxidation sites excluding steroid dienone is 1. The highest BCUT2D eigenvalue weighted by atomic mass is 14.3. The largest absolute Gasteiger partial charge is 0.0598 e. The summed E-state index contributed by atoms with van der Waals surface area (Å²) in [6.07, 6.45) is 3.53. The van der Waals surface area contributed by atoms with Crippen molar-refractivity contribution in [2.24, 2.45) is 5.41 Å². The van der Waals surface area contributed by atoms with E-state index in [1.54, 1.807) is 5.57 Å². The first-order valence-corrected chi connectivity index (χ1v) is 6.22. The van der Waals surface area contributed by atoms with E-state index in [0.717, 1.165) is 6.42 Å². The van der Waals surface area contributed by atoms with Crippen molar-refractivity contribution in [2.75, 3.05) is 0 Å². The summed E-state index contributed by atoms with van der Waals surface area (Å²) in [4.78, 5) is 0. The van der Waals surface area contributed by atoms with Crippen molar-refractivity contribution in [3.63, 3.8) is 0 Å². The molecular formula is C16H22. The maximum atomic E-state index is 2.39. The van der Waals surface area contributed by atoms with Gasteiger partial charge in [0.05, 0.1) is 0 Å².